The Bertz CT molecular complexity index is 447. The lowest BCUT2D eigenvalue weighted by molar-refractivity contribution is 0.0690. The summed E-state index contributed by atoms with van der Waals surface area (Å²) in [6.45, 7) is 2.90. The Balaban J connectivity index is 3.13. The Morgan fingerprint density at radius 3 is 2.41 bits per heavy atom. The maximum atomic E-state index is 13.5. The van der Waals surface area contributed by atoms with Crippen LogP contribution in [0.25, 0.3) is 0 Å². The van der Waals surface area contributed by atoms with E-state index in [1.54, 1.807) is 13.8 Å². The topological polar surface area (TPSA) is 69.6 Å². The van der Waals surface area contributed by atoms with Gasteiger partial charge in [0.15, 0.2) is 11.6 Å². The first-order chi connectivity index (χ1) is 7.78. The Morgan fingerprint density at radius 1 is 1.35 bits per heavy atom. The minimum Gasteiger partial charge on any atom is -0.478 e. The predicted molar refractivity (Wildman–Crippen MR) is 58.1 cm³/mol. The molecule has 0 aliphatic carbocycles. The highest BCUT2D eigenvalue weighted by atomic mass is 19.2. The average molecular weight is 245 g/mol. The summed E-state index contributed by atoms with van der Waals surface area (Å²) in [6.07, 6.45) is 0. The van der Waals surface area contributed by atoms with Gasteiger partial charge in [0.2, 0.25) is 0 Å². The van der Waals surface area contributed by atoms with Crippen molar-refractivity contribution < 1.29 is 23.8 Å². The first-order valence-corrected chi connectivity index (χ1v) is 4.89. The van der Waals surface area contributed by atoms with Crippen LogP contribution in [0.5, 0.6) is 0 Å². The lowest BCUT2D eigenvalue weighted by Gasteiger charge is -2.25. The van der Waals surface area contributed by atoms with Gasteiger partial charge in [-0.15, -0.1) is 0 Å². The zero-order valence-electron chi connectivity index (χ0n) is 9.42. The summed E-state index contributed by atoms with van der Waals surface area (Å²) >= 11 is 0. The van der Waals surface area contributed by atoms with Crippen molar-refractivity contribution in [3.05, 3.63) is 29.3 Å². The monoisotopic (exact) mass is 245 g/mol. The lowest BCUT2D eigenvalue weighted by Crippen LogP contribution is -2.35. The highest BCUT2D eigenvalue weighted by molar-refractivity contribution is 5.88. The molecular weight excluding hydrogens is 232 g/mol. The Hall–Kier alpha value is -1.69. The molecule has 0 aromatic heterocycles. The molecule has 0 unspecified atom stereocenters. The third-order valence-electron chi connectivity index (χ3n) is 2.18. The van der Waals surface area contributed by atoms with E-state index in [0.29, 0.717) is 0 Å². The molecule has 0 spiro atoms. The molecule has 0 aliphatic heterocycles. The van der Waals surface area contributed by atoms with E-state index >= 15 is 0 Å². The predicted octanol–water partition coefficient (Wildman–Crippen LogP) is 1.85. The summed E-state index contributed by atoms with van der Waals surface area (Å²) in [4.78, 5) is 10.6. The van der Waals surface area contributed by atoms with Crippen LogP contribution in [-0.4, -0.2) is 28.3 Å². The maximum absolute atomic E-state index is 13.5. The van der Waals surface area contributed by atoms with Crippen molar-refractivity contribution in [1.29, 1.82) is 0 Å². The molecule has 0 heterocycles. The van der Waals surface area contributed by atoms with E-state index < -0.39 is 28.7 Å². The number of benzene rings is 1. The number of hydrogen-bond donors (Lipinski definition) is 3. The number of carbonyl (C=O) groups is 1. The molecule has 1 aromatic carbocycles. The minimum atomic E-state index is -1.53. The third kappa shape index (κ3) is 2.91. The fourth-order valence-corrected chi connectivity index (χ4v) is 1.22. The number of aliphatic hydroxyl groups is 1. The van der Waals surface area contributed by atoms with Crippen LogP contribution in [0.3, 0.4) is 0 Å². The molecule has 0 fully saturated rings. The van der Waals surface area contributed by atoms with Gasteiger partial charge in [-0.1, -0.05) is 0 Å². The molecule has 0 bridgehead atoms. The number of nitrogens with one attached hydrogen (secondary N) is 1. The quantitative estimate of drug-likeness (QED) is 0.757. The summed E-state index contributed by atoms with van der Waals surface area (Å²) in [5.74, 6) is -4.22. The SMILES string of the molecule is CC(C)(CO)Nc1ccc(C(=O)O)c(F)c1F. The van der Waals surface area contributed by atoms with Crippen molar-refractivity contribution >= 4 is 11.7 Å². The summed E-state index contributed by atoms with van der Waals surface area (Å²) < 4.78 is 26.8. The fourth-order valence-electron chi connectivity index (χ4n) is 1.22. The van der Waals surface area contributed by atoms with Crippen LogP contribution in [0.4, 0.5) is 14.5 Å². The van der Waals surface area contributed by atoms with E-state index in [1.807, 2.05) is 0 Å². The molecule has 94 valence electrons. The van der Waals surface area contributed by atoms with Gasteiger partial charge in [-0.2, -0.15) is 0 Å². The van der Waals surface area contributed by atoms with Gasteiger partial charge < -0.3 is 15.5 Å². The van der Waals surface area contributed by atoms with Gasteiger partial charge in [0.1, 0.15) is 0 Å². The van der Waals surface area contributed by atoms with Gasteiger partial charge in [-0.3, -0.25) is 0 Å². The van der Waals surface area contributed by atoms with Crippen molar-refractivity contribution in [3.63, 3.8) is 0 Å². The van der Waals surface area contributed by atoms with Crippen LogP contribution >= 0.6 is 0 Å². The smallest absolute Gasteiger partial charge is 0.338 e. The minimum absolute atomic E-state index is 0.188. The summed E-state index contributed by atoms with van der Waals surface area (Å²) in [7, 11) is 0. The molecule has 17 heavy (non-hydrogen) atoms. The van der Waals surface area contributed by atoms with Gasteiger partial charge in [-0.25, -0.2) is 13.6 Å². The van der Waals surface area contributed by atoms with Gasteiger partial charge in [-0.05, 0) is 26.0 Å². The molecule has 4 nitrogen and oxygen atoms in total. The standard InChI is InChI=1S/C11H13F2NO3/c1-11(2,5-15)14-7-4-3-6(10(16)17)8(12)9(7)13/h3-4,14-15H,5H2,1-2H3,(H,16,17). The molecule has 1 aromatic rings. The first-order valence-electron chi connectivity index (χ1n) is 4.89. The zero-order chi connectivity index (χ0) is 13.2. The highest BCUT2D eigenvalue weighted by Gasteiger charge is 2.22. The van der Waals surface area contributed by atoms with E-state index in [0.717, 1.165) is 12.1 Å². The number of aromatic carboxylic acids is 1. The molecular formula is C11H13F2NO3. The van der Waals surface area contributed by atoms with Crippen molar-refractivity contribution in [2.75, 3.05) is 11.9 Å². The van der Waals surface area contributed by atoms with Gasteiger partial charge in [0.25, 0.3) is 0 Å². The van der Waals surface area contributed by atoms with E-state index in [2.05, 4.69) is 5.32 Å². The Labute approximate surface area is 96.9 Å². The molecule has 0 amide bonds. The normalized spacial score (nSPS) is 11.4. The first kappa shape index (κ1) is 13.4. The van der Waals surface area contributed by atoms with Crippen molar-refractivity contribution in [2.24, 2.45) is 0 Å². The van der Waals surface area contributed by atoms with E-state index in [9.17, 15) is 13.6 Å². The number of carboxylic acids is 1. The molecule has 0 saturated carbocycles. The molecule has 0 aliphatic rings. The van der Waals surface area contributed by atoms with Crippen LogP contribution in [0.2, 0.25) is 0 Å². The average Bonchev–Trinajstić information content (AvgIpc) is 2.24. The summed E-state index contributed by atoms with van der Waals surface area (Å²) in [6, 6.07) is 2.09. The van der Waals surface area contributed by atoms with Crippen LogP contribution in [0, 0.1) is 11.6 Å². The summed E-state index contributed by atoms with van der Waals surface area (Å²) in [5.41, 5.74) is -1.75. The second-order valence-electron chi connectivity index (χ2n) is 4.26. The molecule has 0 saturated heterocycles. The number of rotatable bonds is 4. The largest absolute Gasteiger partial charge is 0.478 e. The lowest BCUT2D eigenvalue weighted by atomic mass is 10.1. The number of hydrogen-bond acceptors (Lipinski definition) is 3. The van der Waals surface area contributed by atoms with Crippen LogP contribution in [-0.2, 0) is 0 Å². The number of anilines is 1. The number of carboxylic acid groups (broad SMARTS) is 1. The van der Waals surface area contributed by atoms with Crippen LogP contribution in [0.1, 0.15) is 24.2 Å². The van der Waals surface area contributed by atoms with Gasteiger partial charge >= 0.3 is 5.97 Å². The van der Waals surface area contributed by atoms with E-state index in [4.69, 9.17) is 10.2 Å². The van der Waals surface area contributed by atoms with Crippen molar-refractivity contribution in [3.8, 4) is 0 Å². The highest BCUT2D eigenvalue weighted by Crippen LogP contribution is 2.23. The fraction of sp³-hybridized carbons (Fsp3) is 0.364. The van der Waals surface area contributed by atoms with Crippen LogP contribution in [0.15, 0.2) is 12.1 Å². The Kier molecular flexibility index (Phi) is 3.67. The Morgan fingerprint density at radius 2 is 1.94 bits per heavy atom. The number of aliphatic hydroxyl groups excluding tert-OH is 1. The second-order valence-corrected chi connectivity index (χ2v) is 4.26. The van der Waals surface area contributed by atoms with E-state index in [-0.39, 0.29) is 12.3 Å². The molecule has 6 heteroatoms. The molecule has 0 atom stereocenters. The third-order valence-corrected chi connectivity index (χ3v) is 2.18. The second kappa shape index (κ2) is 4.67. The molecule has 3 N–H and O–H groups in total. The van der Waals surface area contributed by atoms with E-state index in [1.165, 1.54) is 0 Å². The molecule has 1 rings (SSSR count). The zero-order valence-corrected chi connectivity index (χ0v) is 9.42. The summed E-state index contributed by atoms with van der Waals surface area (Å²) in [5, 5.41) is 20.2. The van der Waals surface area contributed by atoms with Crippen LogP contribution < -0.4 is 5.32 Å². The van der Waals surface area contributed by atoms with Crippen molar-refractivity contribution in [1.82, 2.24) is 0 Å². The maximum Gasteiger partial charge on any atom is 0.338 e. The van der Waals surface area contributed by atoms with Gasteiger partial charge in [0, 0.05) is 0 Å². The van der Waals surface area contributed by atoms with Gasteiger partial charge in [0.05, 0.1) is 23.4 Å². The number of halogens is 2. The molecule has 0 radical (unpaired) electrons. The van der Waals surface area contributed by atoms with Crippen molar-refractivity contribution in [2.45, 2.75) is 19.4 Å².